The zero-order valence-corrected chi connectivity index (χ0v) is 23.1. The lowest BCUT2D eigenvalue weighted by molar-refractivity contribution is -0.138. The van der Waals surface area contributed by atoms with Gasteiger partial charge in [-0.05, 0) is 73.1 Å². The summed E-state index contributed by atoms with van der Waals surface area (Å²) < 4.78 is 28.6. The van der Waals surface area contributed by atoms with Crippen molar-refractivity contribution in [1.82, 2.24) is 10.0 Å². The molecule has 4 N–H and O–H groups in total. The van der Waals surface area contributed by atoms with Crippen molar-refractivity contribution in [3.8, 4) is 11.1 Å². The smallest absolute Gasteiger partial charge is 0.322 e. The zero-order chi connectivity index (χ0) is 28.0. The number of carboxylic acid groups (broad SMARTS) is 1. The molecule has 0 aromatic heterocycles. The molecule has 8 nitrogen and oxygen atoms in total. The van der Waals surface area contributed by atoms with E-state index in [0.717, 1.165) is 16.7 Å². The molecule has 0 saturated carbocycles. The van der Waals surface area contributed by atoms with Gasteiger partial charge in [-0.2, -0.15) is 4.72 Å². The van der Waals surface area contributed by atoms with Gasteiger partial charge in [0.2, 0.25) is 10.0 Å². The van der Waals surface area contributed by atoms with E-state index in [4.69, 9.17) is 0 Å². The third-order valence-corrected chi connectivity index (χ3v) is 7.76. The normalized spacial score (nSPS) is 12.3. The zero-order valence-electron chi connectivity index (χ0n) is 22.3. The predicted molar refractivity (Wildman–Crippen MR) is 150 cm³/mol. The molecule has 0 fully saturated rings. The monoisotopic (exact) mass is 537 g/mol. The Bertz CT molecular complexity index is 1390. The number of carbonyl (C=O) groups is 2. The van der Waals surface area contributed by atoms with Gasteiger partial charge in [-0.15, -0.1) is 0 Å². The highest BCUT2D eigenvalue weighted by atomic mass is 32.2. The number of carbonyl (C=O) groups excluding carboxylic acids is 1. The summed E-state index contributed by atoms with van der Waals surface area (Å²) in [4.78, 5) is 24.2. The summed E-state index contributed by atoms with van der Waals surface area (Å²) in [5.41, 5.74) is 5.13. The average molecular weight is 538 g/mol. The molecule has 9 heteroatoms. The predicted octanol–water partition coefficient (Wildman–Crippen LogP) is 5.03. The van der Waals surface area contributed by atoms with Crippen molar-refractivity contribution >= 4 is 27.7 Å². The molecule has 0 bridgehead atoms. The van der Waals surface area contributed by atoms with Crippen LogP contribution < -0.4 is 15.4 Å². The highest BCUT2D eigenvalue weighted by Crippen LogP contribution is 2.25. The Morgan fingerprint density at radius 1 is 0.895 bits per heavy atom. The minimum Gasteiger partial charge on any atom is -0.480 e. The number of urea groups is 1. The van der Waals surface area contributed by atoms with E-state index in [-0.39, 0.29) is 17.3 Å². The van der Waals surface area contributed by atoms with Crippen molar-refractivity contribution < 1.29 is 23.1 Å². The molecular formula is C29H35N3O5S. The first kappa shape index (κ1) is 28.9. The average Bonchev–Trinajstić information content (AvgIpc) is 2.82. The van der Waals surface area contributed by atoms with Crippen LogP contribution in [0.5, 0.6) is 0 Å². The second-order valence-electron chi connectivity index (χ2n) is 9.95. The van der Waals surface area contributed by atoms with Crippen LogP contribution in [-0.2, 0) is 21.2 Å². The van der Waals surface area contributed by atoms with E-state index in [1.807, 2.05) is 51.1 Å². The fraction of sp³-hybridized carbons (Fsp3) is 0.310. The van der Waals surface area contributed by atoms with Crippen molar-refractivity contribution in [2.45, 2.75) is 52.0 Å². The van der Waals surface area contributed by atoms with Crippen LogP contribution in [-0.4, -0.2) is 38.1 Å². The largest absolute Gasteiger partial charge is 0.480 e. The minimum atomic E-state index is -4.05. The maximum absolute atomic E-state index is 13.1. The summed E-state index contributed by atoms with van der Waals surface area (Å²) >= 11 is 0. The quantitative estimate of drug-likeness (QED) is 0.289. The van der Waals surface area contributed by atoms with Gasteiger partial charge in [0.05, 0.1) is 4.90 Å². The van der Waals surface area contributed by atoms with E-state index in [9.17, 15) is 23.1 Å². The van der Waals surface area contributed by atoms with Crippen LogP contribution in [0, 0.1) is 26.7 Å². The SMILES string of the molecule is Cc1cc(C)c(S(=O)(=O)NC(Cc2ccc(-c3cccc(NC(=O)NCC(C)C)c3)cc2)C(=O)O)c(C)c1. The molecule has 0 aliphatic carbocycles. The maximum Gasteiger partial charge on any atom is 0.322 e. The lowest BCUT2D eigenvalue weighted by atomic mass is 10.0. The molecule has 0 saturated heterocycles. The van der Waals surface area contributed by atoms with E-state index in [2.05, 4.69) is 15.4 Å². The molecule has 0 radical (unpaired) electrons. The van der Waals surface area contributed by atoms with Crippen LogP contribution in [0.4, 0.5) is 10.5 Å². The van der Waals surface area contributed by atoms with Crippen molar-refractivity contribution in [3.63, 3.8) is 0 Å². The first-order valence-electron chi connectivity index (χ1n) is 12.4. The number of nitrogens with one attached hydrogen (secondary N) is 3. The second kappa shape index (κ2) is 12.2. The lowest BCUT2D eigenvalue weighted by Gasteiger charge is -2.18. The van der Waals surface area contributed by atoms with Gasteiger partial charge in [0, 0.05) is 12.2 Å². The summed E-state index contributed by atoms with van der Waals surface area (Å²) in [6.07, 6.45) is -0.0174. The van der Waals surface area contributed by atoms with Crippen molar-refractivity contribution in [3.05, 3.63) is 82.9 Å². The number of rotatable bonds is 10. The molecule has 0 spiro atoms. The topological polar surface area (TPSA) is 125 Å². The summed E-state index contributed by atoms with van der Waals surface area (Å²) in [7, 11) is -4.05. The number of sulfonamides is 1. The van der Waals surface area contributed by atoms with Crippen molar-refractivity contribution in [1.29, 1.82) is 0 Å². The Hall–Kier alpha value is -3.69. The standard InChI is InChI=1S/C29H35N3O5S/c1-18(2)17-30-29(35)31-25-8-6-7-24(16-25)23-11-9-22(10-12-23)15-26(28(33)34)32-38(36,37)27-20(4)13-19(3)14-21(27)5/h6-14,16,18,26,32H,15,17H2,1-5H3,(H,33,34)(H2,30,31,35). The van der Waals surface area contributed by atoms with Gasteiger partial charge in [0.15, 0.2) is 0 Å². The fourth-order valence-corrected chi connectivity index (χ4v) is 5.98. The third kappa shape index (κ3) is 7.66. The van der Waals surface area contributed by atoms with E-state index < -0.39 is 22.0 Å². The lowest BCUT2D eigenvalue weighted by Crippen LogP contribution is -2.42. The molecule has 3 rings (SSSR count). The summed E-state index contributed by atoms with van der Waals surface area (Å²) in [6, 6.07) is 16.6. The molecule has 0 aliphatic rings. The van der Waals surface area contributed by atoms with Crippen LogP contribution in [0.2, 0.25) is 0 Å². The molecule has 1 atom stereocenters. The molecule has 0 aliphatic heterocycles. The second-order valence-corrected chi connectivity index (χ2v) is 11.6. The summed E-state index contributed by atoms with van der Waals surface area (Å²) in [5.74, 6) is -0.910. The van der Waals surface area contributed by atoms with Crippen molar-refractivity contribution in [2.75, 3.05) is 11.9 Å². The van der Waals surface area contributed by atoms with Crippen LogP contribution in [0.1, 0.15) is 36.1 Å². The Balaban J connectivity index is 1.74. The van der Waals surface area contributed by atoms with E-state index >= 15 is 0 Å². The van der Waals surface area contributed by atoms with Gasteiger partial charge in [0.25, 0.3) is 0 Å². The first-order chi connectivity index (χ1) is 17.9. The van der Waals surface area contributed by atoms with Crippen LogP contribution in [0.15, 0.2) is 65.6 Å². The van der Waals surface area contributed by atoms with Crippen LogP contribution >= 0.6 is 0 Å². The molecule has 202 valence electrons. The molecule has 3 aromatic carbocycles. The Labute approximate surface area is 224 Å². The third-order valence-electron chi connectivity index (χ3n) is 5.99. The number of anilines is 1. The highest BCUT2D eigenvalue weighted by Gasteiger charge is 2.28. The highest BCUT2D eigenvalue weighted by molar-refractivity contribution is 7.89. The number of amides is 2. The first-order valence-corrected chi connectivity index (χ1v) is 13.9. The van der Waals surface area contributed by atoms with Crippen LogP contribution in [0.25, 0.3) is 11.1 Å². The molecule has 0 heterocycles. The van der Waals surface area contributed by atoms with Gasteiger partial charge >= 0.3 is 12.0 Å². The Morgan fingerprint density at radius 3 is 2.11 bits per heavy atom. The number of hydrogen-bond acceptors (Lipinski definition) is 4. The van der Waals surface area contributed by atoms with E-state index in [1.54, 1.807) is 44.2 Å². The summed E-state index contributed by atoms with van der Waals surface area (Å²) in [6.45, 7) is 9.89. The van der Waals surface area contributed by atoms with Gasteiger partial charge in [-0.3, -0.25) is 4.79 Å². The molecular weight excluding hydrogens is 502 g/mol. The van der Waals surface area contributed by atoms with Crippen molar-refractivity contribution in [2.24, 2.45) is 5.92 Å². The Kier molecular flexibility index (Phi) is 9.30. The summed E-state index contributed by atoms with van der Waals surface area (Å²) in [5, 5.41) is 15.4. The van der Waals surface area contributed by atoms with E-state index in [1.165, 1.54) is 0 Å². The number of aliphatic carboxylic acids is 1. The van der Waals surface area contributed by atoms with Gasteiger partial charge in [0.1, 0.15) is 6.04 Å². The molecule has 38 heavy (non-hydrogen) atoms. The van der Waals surface area contributed by atoms with Gasteiger partial charge in [-0.25, -0.2) is 13.2 Å². The number of aryl methyl sites for hydroxylation is 3. The number of hydrogen-bond donors (Lipinski definition) is 4. The molecule has 1 unspecified atom stereocenters. The fourth-order valence-electron chi connectivity index (χ4n) is 4.33. The van der Waals surface area contributed by atoms with Crippen LogP contribution in [0.3, 0.4) is 0 Å². The Morgan fingerprint density at radius 2 is 1.53 bits per heavy atom. The molecule has 2 amide bonds. The minimum absolute atomic E-state index is 0.0174. The van der Waals surface area contributed by atoms with Gasteiger partial charge in [-0.1, -0.05) is 67.9 Å². The molecule has 3 aromatic rings. The number of carboxylic acids is 1. The maximum atomic E-state index is 13.1. The van der Waals surface area contributed by atoms with Gasteiger partial charge < -0.3 is 15.7 Å². The van der Waals surface area contributed by atoms with E-state index in [0.29, 0.717) is 34.8 Å². The number of benzene rings is 3.